The molecule has 0 spiro atoms. The van der Waals surface area contributed by atoms with Crippen LogP contribution in [0.4, 0.5) is 6.01 Å². The summed E-state index contributed by atoms with van der Waals surface area (Å²) in [7, 11) is 3.34. The molecule has 0 bridgehead atoms. The second-order valence-corrected chi connectivity index (χ2v) is 4.17. The van der Waals surface area contributed by atoms with Crippen LogP contribution in [0.5, 0.6) is 0 Å². The Bertz CT molecular complexity index is 337. The van der Waals surface area contributed by atoms with Gasteiger partial charge in [0.25, 0.3) is 0 Å². The van der Waals surface area contributed by atoms with Gasteiger partial charge in [-0.05, 0) is 13.5 Å². The molecule has 1 aromatic heterocycles. The third-order valence-electron chi connectivity index (χ3n) is 2.71. The first kappa shape index (κ1) is 15.9. The number of nitrogens with zero attached hydrogens (tertiary/aromatic N) is 3. The highest BCUT2D eigenvalue weighted by molar-refractivity contribution is 5.24. The van der Waals surface area contributed by atoms with Crippen molar-refractivity contribution in [1.82, 2.24) is 15.5 Å². The number of aromatic nitrogens is 2. The van der Waals surface area contributed by atoms with Gasteiger partial charge in [0.2, 0.25) is 5.89 Å². The minimum Gasteiger partial charge on any atom is -0.406 e. The standard InChI is InChI=1S/C12H24N4O3/c1-5-13-10(2)11-14-15-12(19-11)16(6-8-17-3)7-9-18-4/h10,13H,5-9H2,1-4H3. The molecule has 1 atom stereocenters. The van der Waals surface area contributed by atoms with E-state index in [0.717, 1.165) is 6.54 Å². The number of anilines is 1. The van der Waals surface area contributed by atoms with E-state index in [1.165, 1.54) is 0 Å². The van der Waals surface area contributed by atoms with Crippen LogP contribution in [0.2, 0.25) is 0 Å². The van der Waals surface area contributed by atoms with E-state index in [4.69, 9.17) is 13.9 Å². The highest BCUT2D eigenvalue weighted by Crippen LogP contribution is 2.16. The summed E-state index contributed by atoms with van der Waals surface area (Å²) in [4.78, 5) is 1.96. The first-order valence-electron chi connectivity index (χ1n) is 6.52. The maximum Gasteiger partial charge on any atom is 0.318 e. The van der Waals surface area contributed by atoms with Crippen molar-refractivity contribution in [1.29, 1.82) is 0 Å². The van der Waals surface area contributed by atoms with Crippen LogP contribution in [0.25, 0.3) is 0 Å². The summed E-state index contributed by atoms with van der Waals surface area (Å²) < 4.78 is 15.8. The molecule has 0 radical (unpaired) electrons. The van der Waals surface area contributed by atoms with Gasteiger partial charge < -0.3 is 24.1 Å². The Hall–Kier alpha value is -1.18. The maximum absolute atomic E-state index is 5.68. The Morgan fingerprint density at radius 2 is 1.84 bits per heavy atom. The van der Waals surface area contributed by atoms with E-state index in [2.05, 4.69) is 15.5 Å². The van der Waals surface area contributed by atoms with E-state index < -0.39 is 0 Å². The van der Waals surface area contributed by atoms with E-state index in [-0.39, 0.29) is 6.04 Å². The lowest BCUT2D eigenvalue weighted by Gasteiger charge is -2.19. The normalized spacial score (nSPS) is 12.6. The van der Waals surface area contributed by atoms with Gasteiger partial charge in [-0.2, -0.15) is 0 Å². The highest BCUT2D eigenvalue weighted by atomic mass is 16.5. The zero-order valence-corrected chi connectivity index (χ0v) is 12.2. The van der Waals surface area contributed by atoms with Crippen LogP contribution in [0.1, 0.15) is 25.8 Å². The minimum absolute atomic E-state index is 0.0537. The molecule has 0 saturated carbocycles. The van der Waals surface area contributed by atoms with Gasteiger partial charge in [0.15, 0.2) is 0 Å². The van der Waals surface area contributed by atoms with Crippen molar-refractivity contribution in [2.75, 3.05) is 52.0 Å². The van der Waals surface area contributed by atoms with Gasteiger partial charge in [0.05, 0.1) is 19.3 Å². The molecule has 1 heterocycles. The van der Waals surface area contributed by atoms with Crippen LogP contribution < -0.4 is 10.2 Å². The van der Waals surface area contributed by atoms with Crippen LogP contribution >= 0.6 is 0 Å². The van der Waals surface area contributed by atoms with E-state index >= 15 is 0 Å². The number of methoxy groups -OCH3 is 2. The fourth-order valence-corrected chi connectivity index (χ4v) is 1.63. The Labute approximate surface area is 114 Å². The van der Waals surface area contributed by atoms with E-state index in [0.29, 0.717) is 38.2 Å². The molecule has 1 N–H and O–H groups in total. The van der Waals surface area contributed by atoms with Crippen LogP contribution in [-0.4, -0.2) is 57.3 Å². The first-order valence-corrected chi connectivity index (χ1v) is 6.52. The number of ether oxygens (including phenoxy) is 2. The summed E-state index contributed by atoms with van der Waals surface area (Å²) in [6.07, 6.45) is 0. The van der Waals surface area contributed by atoms with Gasteiger partial charge in [-0.3, -0.25) is 0 Å². The number of rotatable bonds is 10. The lowest BCUT2D eigenvalue weighted by atomic mass is 10.3. The summed E-state index contributed by atoms with van der Waals surface area (Å²) in [5.41, 5.74) is 0. The molecule has 0 aliphatic carbocycles. The fraction of sp³-hybridized carbons (Fsp3) is 0.833. The van der Waals surface area contributed by atoms with Gasteiger partial charge >= 0.3 is 6.01 Å². The molecule has 0 aromatic carbocycles. The van der Waals surface area contributed by atoms with Gasteiger partial charge in [-0.1, -0.05) is 12.0 Å². The second-order valence-electron chi connectivity index (χ2n) is 4.17. The number of hydrogen-bond donors (Lipinski definition) is 1. The SMILES string of the molecule is CCNC(C)c1nnc(N(CCOC)CCOC)o1. The van der Waals surface area contributed by atoms with Crippen molar-refractivity contribution in [2.24, 2.45) is 0 Å². The van der Waals surface area contributed by atoms with Crippen molar-refractivity contribution in [3.63, 3.8) is 0 Å². The largest absolute Gasteiger partial charge is 0.406 e. The highest BCUT2D eigenvalue weighted by Gasteiger charge is 2.17. The van der Waals surface area contributed by atoms with Crippen molar-refractivity contribution in [3.8, 4) is 0 Å². The van der Waals surface area contributed by atoms with Gasteiger partial charge in [-0.15, -0.1) is 5.10 Å². The molecule has 0 saturated heterocycles. The smallest absolute Gasteiger partial charge is 0.318 e. The lowest BCUT2D eigenvalue weighted by molar-refractivity contribution is 0.188. The molecule has 0 aliphatic rings. The van der Waals surface area contributed by atoms with Crippen LogP contribution in [0.15, 0.2) is 4.42 Å². The van der Waals surface area contributed by atoms with E-state index in [9.17, 15) is 0 Å². The molecule has 1 rings (SSSR count). The molecule has 1 unspecified atom stereocenters. The first-order chi connectivity index (χ1) is 9.22. The zero-order valence-electron chi connectivity index (χ0n) is 12.2. The van der Waals surface area contributed by atoms with Crippen molar-refractivity contribution in [2.45, 2.75) is 19.9 Å². The molecular formula is C12H24N4O3. The summed E-state index contributed by atoms with van der Waals surface area (Å²) >= 11 is 0. The van der Waals surface area contributed by atoms with Crippen molar-refractivity contribution >= 4 is 6.01 Å². The average Bonchev–Trinajstić information content (AvgIpc) is 2.89. The third-order valence-corrected chi connectivity index (χ3v) is 2.71. The lowest BCUT2D eigenvalue weighted by Crippen LogP contribution is -2.30. The number of hydrogen-bond acceptors (Lipinski definition) is 7. The summed E-state index contributed by atoms with van der Waals surface area (Å²) in [6.45, 7) is 7.48. The van der Waals surface area contributed by atoms with E-state index in [1.54, 1.807) is 14.2 Å². The summed E-state index contributed by atoms with van der Waals surface area (Å²) in [5, 5.41) is 11.4. The van der Waals surface area contributed by atoms with Crippen molar-refractivity contribution in [3.05, 3.63) is 5.89 Å². The summed E-state index contributed by atoms with van der Waals surface area (Å²) in [6, 6.07) is 0.562. The Morgan fingerprint density at radius 1 is 1.21 bits per heavy atom. The van der Waals surface area contributed by atoms with Crippen LogP contribution in [0, 0.1) is 0 Å². The molecule has 0 aliphatic heterocycles. The van der Waals surface area contributed by atoms with Gasteiger partial charge in [0, 0.05) is 27.3 Å². The molecule has 7 nitrogen and oxygen atoms in total. The Morgan fingerprint density at radius 3 is 2.37 bits per heavy atom. The second kappa shape index (κ2) is 8.84. The van der Waals surface area contributed by atoms with Crippen LogP contribution in [-0.2, 0) is 9.47 Å². The fourth-order valence-electron chi connectivity index (χ4n) is 1.63. The summed E-state index contributed by atoms with van der Waals surface area (Å²) in [5.74, 6) is 0.594. The molecule has 110 valence electrons. The van der Waals surface area contributed by atoms with Gasteiger partial charge in [-0.25, -0.2) is 0 Å². The number of nitrogens with one attached hydrogen (secondary N) is 1. The Balaban J connectivity index is 2.66. The molecule has 7 heteroatoms. The van der Waals surface area contributed by atoms with Crippen LogP contribution in [0.3, 0.4) is 0 Å². The van der Waals surface area contributed by atoms with E-state index in [1.807, 2.05) is 18.7 Å². The monoisotopic (exact) mass is 272 g/mol. The molecule has 1 aromatic rings. The molecule has 19 heavy (non-hydrogen) atoms. The average molecular weight is 272 g/mol. The third kappa shape index (κ3) is 5.14. The minimum atomic E-state index is 0.0537. The maximum atomic E-state index is 5.68. The Kier molecular flexibility index (Phi) is 7.39. The quantitative estimate of drug-likeness (QED) is 0.676. The zero-order chi connectivity index (χ0) is 14.1. The molecule has 0 fully saturated rings. The molecular weight excluding hydrogens is 248 g/mol. The predicted molar refractivity (Wildman–Crippen MR) is 72.4 cm³/mol. The van der Waals surface area contributed by atoms with Crippen molar-refractivity contribution < 1.29 is 13.9 Å². The molecule has 0 amide bonds. The topological polar surface area (TPSA) is 72.7 Å². The predicted octanol–water partition coefficient (Wildman–Crippen LogP) is 0.839. The van der Waals surface area contributed by atoms with Gasteiger partial charge in [0.1, 0.15) is 0 Å².